The molecule has 0 aliphatic carbocycles. The Bertz CT molecular complexity index is 1210. The maximum absolute atomic E-state index is 13.8. The Morgan fingerprint density at radius 1 is 0.912 bits per heavy atom. The van der Waals surface area contributed by atoms with Crippen LogP contribution in [0.25, 0.3) is 0 Å². The highest BCUT2D eigenvalue weighted by Crippen LogP contribution is 2.47. The zero-order valence-corrected chi connectivity index (χ0v) is 20.4. The number of hydrogen-bond donors (Lipinski definition) is 1. The smallest absolute Gasteiger partial charge is 0.254 e. The lowest BCUT2D eigenvalue weighted by Gasteiger charge is -2.39. The maximum Gasteiger partial charge on any atom is 0.254 e. The van der Waals surface area contributed by atoms with Gasteiger partial charge in [-0.25, -0.2) is 0 Å². The Balaban J connectivity index is 1.82. The van der Waals surface area contributed by atoms with Crippen LogP contribution in [-0.2, 0) is 4.79 Å². The molecule has 0 radical (unpaired) electrons. The van der Waals surface area contributed by atoms with E-state index in [9.17, 15) is 9.59 Å². The van der Waals surface area contributed by atoms with Crippen molar-refractivity contribution >= 4 is 28.8 Å². The minimum Gasteiger partial charge on any atom is -0.493 e. The molecule has 8 nitrogen and oxygen atoms in total. The topological polar surface area (TPSA) is 86.3 Å². The summed E-state index contributed by atoms with van der Waals surface area (Å²) in [5, 5.41) is 4.92. The van der Waals surface area contributed by atoms with Gasteiger partial charge in [0.25, 0.3) is 5.91 Å². The Labute approximate surface area is 202 Å². The Kier molecular flexibility index (Phi) is 6.65. The number of amides is 2. The number of methoxy groups -OCH3 is 4. The monoisotopic (exact) mass is 482 g/mol. The summed E-state index contributed by atoms with van der Waals surface area (Å²) in [6.45, 7) is 0. The number of fused-ring (bicyclic) bond motifs is 1. The lowest BCUT2D eigenvalue weighted by Crippen LogP contribution is -2.43. The molecule has 9 heteroatoms. The van der Waals surface area contributed by atoms with Crippen molar-refractivity contribution in [2.45, 2.75) is 12.0 Å². The first kappa shape index (κ1) is 23.4. The Hall–Kier alpha value is -3.72. The number of benzene rings is 2. The van der Waals surface area contributed by atoms with E-state index in [-0.39, 0.29) is 11.8 Å². The number of carbonyl (C=O) groups excluding carboxylic acids is 2. The van der Waals surface area contributed by atoms with Crippen LogP contribution in [0.2, 0.25) is 0 Å². The van der Waals surface area contributed by atoms with Crippen LogP contribution in [0.15, 0.2) is 47.8 Å². The van der Waals surface area contributed by atoms with Crippen molar-refractivity contribution in [2.24, 2.45) is 0 Å². The SMILES string of the molecule is COc1ccc(NC(=O)[C@@H]2c3cc(OC)c(OC)cc3C(=O)N(C)[C@H]2c2cccs2)cc1OC. The van der Waals surface area contributed by atoms with Gasteiger partial charge < -0.3 is 29.2 Å². The maximum atomic E-state index is 13.8. The second-order valence-electron chi connectivity index (χ2n) is 7.71. The number of hydrogen-bond acceptors (Lipinski definition) is 7. The molecule has 0 bridgehead atoms. The van der Waals surface area contributed by atoms with Gasteiger partial charge in [-0.1, -0.05) is 6.07 Å². The highest BCUT2D eigenvalue weighted by molar-refractivity contribution is 7.10. The summed E-state index contributed by atoms with van der Waals surface area (Å²) in [6, 6.07) is 11.9. The number of thiophene rings is 1. The summed E-state index contributed by atoms with van der Waals surface area (Å²) >= 11 is 1.50. The molecule has 1 aliphatic rings. The van der Waals surface area contributed by atoms with E-state index in [2.05, 4.69) is 5.32 Å². The van der Waals surface area contributed by atoms with Crippen LogP contribution >= 0.6 is 11.3 Å². The molecular weight excluding hydrogens is 456 g/mol. The third-order valence-corrected chi connectivity index (χ3v) is 6.89. The predicted molar refractivity (Wildman–Crippen MR) is 130 cm³/mol. The first-order valence-electron chi connectivity index (χ1n) is 10.5. The van der Waals surface area contributed by atoms with Gasteiger partial charge in [-0.3, -0.25) is 9.59 Å². The molecule has 2 amide bonds. The van der Waals surface area contributed by atoms with Crippen molar-refractivity contribution in [1.82, 2.24) is 4.90 Å². The predicted octanol–water partition coefficient (Wildman–Crippen LogP) is 4.33. The summed E-state index contributed by atoms with van der Waals surface area (Å²) in [7, 11) is 7.83. The largest absolute Gasteiger partial charge is 0.493 e. The zero-order chi connectivity index (χ0) is 24.4. The molecule has 0 fully saturated rings. The highest BCUT2D eigenvalue weighted by atomic mass is 32.1. The average Bonchev–Trinajstić information content (AvgIpc) is 3.39. The van der Waals surface area contributed by atoms with E-state index in [0.29, 0.717) is 39.8 Å². The highest BCUT2D eigenvalue weighted by Gasteiger charge is 2.44. The lowest BCUT2D eigenvalue weighted by atomic mass is 9.81. The summed E-state index contributed by atoms with van der Waals surface area (Å²) in [4.78, 5) is 29.7. The van der Waals surface area contributed by atoms with Crippen molar-refractivity contribution in [3.8, 4) is 23.0 Å². The minimum absolute atomic E-state index is 0.190. The molecule has 0 saturated heterocycles. The zero-order valence-electron chi connectivity index (χ0n) is 19.6. The molecule has 0 saturated carbocycles. The number of ether oxygens (including phenoxy) is 4. The fraction of sp³-hybridized carbons (Fsp3) is 0.280. The first-order chi connectivity index (χ1) is 16.4. The van der Waals surface area contributed by atoms with Crippen molar-refractivity contribution in [3.05, 3.63) is 63.8 Å². The van der Waals surface area contributed by atoms with Gasteiger partial charge in [0.2, 0.25) is 5.91 Å². The van der Waals surface area contributed by atoms with Crippen molar-refractivity contribution in [1.29, 1.82) is 0 Å². The second-order valence-corrected chi connectivity index (χ2v) is 8.69. The second kappa shape index (κ2) is 9.64. The van der Waals surface area contributed by atoms with E-state index >= 15 is 0 Å². The van der Waals surface area contributed by atoms with Gasteiger partial charge >= 0.3 is 0 Å². The van der Waals surface area contributed by atoms with Crippen LogP contribution in [0, 0.1) is 0 Å². The molecule has 1 aliphatic heterocycles. The van der Waals surface area contributed by atoms with Crippen LogP contribution in [0.4, 0.5) is 5.69 Å². The van der Waals surface area contributed by atoms with Gasteiger partial charge in [-0.05, 0) is 41.3 Å². The number of likely N-dealkylation sites (N-methyl/N-ethyl adjacent to an activating group) is 1. The molecule has 34 heavy (non-hydrogen) atoms. The van der Waals surface area contributed by atoms with Gasteiger partial charge in [-0.2, -0.15) is 0 Å². The van der Waals surface area contributed by atoms with E-state index in [4.69, 9.17) is 18.9 Å². The standard InChI is InChI=1S/C25H26N2O6S/c1-27-23(21-7-6-10-34-21)22(15-12-19(32-4)20(33-5)13-16(15)25(27)29)24(28)26-14-8-9-17(30-2)18(11-14)31-3/h6-13,22-23H,1-5H3,(H,26,28)/t22-,23+/m1/s1. The number of nitrogens with zero attached hydrogens (tertiary/aromatic N) is 1. The van der Waals surface area contributed by atoms with Gasteiger partial charge in [0.1, 0.15) is 0 Å². The van der Waals surface area contributed by atoms with E-state index in [1.54, 1.807) is 49.4 Å². The Morgan fingerprint density at radius 2 is 1.56 bits per heavy atom. The molecule has 178 valence electrons. The molecule has 0 spiro atoms. The molecule has 1 aromatic heterocycles. The number of nitrogens with one attached hydrogen (secondary N) is 1. The van der Waals surface area contributed by atoms with E-state index < -0.39 is 12.0 Å². The van der Waals surface area contributed by atoms with E-state index in [1.165, 1.54) is 32.7 Å². The minimum atomic E-state index is -0.691. The van der Waals surface area contributed by atoms with Gasteiger partial charge in [0.05, 0.1) is 40.4 Å². The van der Waals surface area contributed by atoms with Gasteiger partial charge in [-0.15, -0.1) is 11.3 Å². The summed E-state index contributed by atoms with van der Waals surface area (Å²) in [6.07, 6.45) is 0. The normalized spacial score (nSPS) is 17.1. The van der Waals surface area contributed by atoms with Crippen LogP contribution in [-0.4, -0.2) is 52.2 Å². The lowest BCUT2D eigenvalue weighted by molar-refractivity contribution is -0.119. The van der Waals surface area contributed by atoms with Crippen molar-refractivity contribution < 1.29 is 28.5 Å². The number of rotatable bonds is 7. The van der Waals surface area contributed by atoms with Crippen LogP contribution in [0.3, 0.4) is 0 Å². The van der Waals surface area contributed by atoms with Crippen LogP contribution < -0.4 is 24.3 Å². The third-order valence-electron chi connectivity index (χ3n) is 5.94. The summed E-state index contributed by atoms with van der Waals surface area (Å²) < 4.78 is 21.5. The molecule has 2 aromatic carbocycles. The van der Waals surface area contributed by atoms with Crippen LogP contribution in [0.1, 0.15) is 32.8 Å². The van der Waals surface area contributed by atoms with Gasteiger partial charge in [0, 0.05) is 29.2 Å². The fourth-order valence-corrected chi connectivity index (χ4v) is 5.19. The third kappa shape index (κ3) is 4.03. The first-order valence-corrected chi connectivity index (χ1v) is 11.4. The van der Waals surface area contributed by atoms with E-state index in [0.717, 1.165) is 4.88 Å². The number of anilines is 1. The van der Waals surface area contributed by atoms with Crippen LogP contribution in [0.5, 0.6) is 23.0 Å². The fourth-order valence-electron chi connectivity index (χ4n) is 4.28. The molecule has 3 aromatic rings. The molecule has 4 rings (SSSR count). The van der Waals surface area contributed by atoms with Gasteiger partial charge in [0.15, 0.2) is 23.0 Å². The quantitative estimate of drug-likeness (QED) is 0.540. The van der Waals surface area contributed by atoms with E-state index in [1.807, 2.05) is 17.5 Å². The molecule has 1 N–H and O–H groups in total. The molecule has 2 atom stereocenters. The molecule has 0 unspecified atom stereocenters. The number of carbonyl (C=O) groups is 2. The molecule has 2 heterocycles. The summed E-state index contributed by atoms with van der Waals surface area (Å²) in [5.41, 5.74) is 1.53. The van der Waals surface area contributed by atoms with Crippen molar-refractivity contribution in [2.75, 3.05) is 40.8 Å². The average molecular weight is 483 g/mol. The van der Waals surface area contributed by atoms with Crippen molar-refractivity contribution in [3.63, 3.8) is 0 Å². The molecular formula is C25H26N2O6S. The Morgan fingerprint density at radius 3 is 2.18 bits per heavy atom. The summed E-state index contributed by atoms with van der Waals surface area (Å²) in [5.74, 6) is 0.788.